The van der Waals surface area contributed by atoms with E-state index >= 15 is 0 Å². The molecule has 0 bridgehead atoms. The average Bonchev–Trinajstić information content (AvgIpc) is 3.10. The molecule has 0 heterocycles. The van der Waals surface area contributed by atoms with Crippen molar-refractivity contribution >= 4 is 23.0 Å². The van der Waals surface area contributed by atoms with Crippen molar-refractivity contribution in [3.63, 3.8) is 0 Å². The molecule has 31 heavy (non-hydrogen) atoms. The van der Waals surface area contributed by atoms with Crippen LogP contribution in [0.5, 0.6) is 0 Å². The summed E-state index contributed by atoms with van der Waals surface area (Å²) in [5, 5.41) is 10.5. The van der Waals surface area contributed by atoms with Crippen molar-refractivity contribution in [2.24, 2.45) is 5.73 Å². The van der Waals surface area contributed by atoms with Crippen molar-refractivity contribution in [1.82, 2.24) is 5.32 Å². The van der Waals surface area contributed by atoms with Crippen molar-refractivity contribution in [2.45, 2.75) is 18.4 Å². The highest BCUT2D eigenvalue weighted by atomic mass is 32.2. The van der Waals surface area contributed by atoms with Crippen LogP contribution < -0.4 is 11.1 Å². The molecule has 0 aliphatic heterocycles. The van der Waals surface area contributed by atoms with Crippen LogP contribution in [0.3, 0.4) is 0 Å². The third-order valence-corrected chi connectivity index (χ3v) is 6.31. The van der Waals surface area contributed by atoms with E-state index < -0.39 is 6.09 Å². The molecule has 0 unspecified atom stereocenters. The lowest BCUT2D eigenvalue weighted by molar-refractivity contribution is 0.140. The number of benzene rings is 3. The van der Waals surface area contributed by atoms with Gasteiger partial charge in [-0.25, -0.2) is 4.79 Å². The molecule has 0 radical (unpaired) electrons. The molecule has 6 heteroatoms. The minimum atomic E-state index is -0.452. The van der Waals surface area contributed by atoms with E-state index in [1.165, 1.54) is 34.0 Å². The molecule has 1 atom stereocenters. The van der Waals surface area contributed by atoms with Gasteiger partial charge < -0.3 is 15.8 Å². The molecule has 4 N–H and O–H groups in total. The fourth-order valence-electron chi connectivity index (χ4n) is 4.05. The third-order valence-electron chi connectivity index (χ3n) is 5.43. The molecule has 5 nitrogen and oxygen atoms in total. The number of hydrogen-bond donors (Lipinski definition) is 3. The van der Waals surface area contributed by atoms with Crippen molar-refractivity contribution < 1.29 is 9.53 Å². The fraction of sp³-hybridized carbons (Fsp3) is 0.200. The molecular formula is C25H25N3O2S. The molecule has 158 valence electrons. The fourth-order valence-corrected chi connectivity index (χ4v) is 4.63. The number of carbonyl (C=O) groups excluding carboxylic acids is 1. The van der Waals surface area contributed by atoms with Gasteiger partial charge in [-0.2, -0.15) is 0 Å². The molecule has 3 aromatic carbocycles. The zero-order valence-electron chi connectivity index (χ0n) is 17.1. The first kappa shape index (κ1) is 21.0. The second-order valence-corrected chi connectivity index (χ2v) is 8.59. The Kier molecular flexibility index (Phi) is 6.57. The number of amidine groups is 1. The third kappa shape index (κ3) is 5.09. The van der Waals surface area contributed by atoms with Crippen LogP contribution in [0, 0.1) is 5.41 Å². The minimum absolute atomic E-state index is 0.0253. The van der Waals surface area contributed by atoms with Gasteiger partial charge in [-0.3, -0.25) is 5.41 Å². The summed E-state index contributed by atoms with van der Waals surface area (Å²) in [6.07, 6.45) is 0.192. The predicted molar refractivity (Wildman–Crippen MR) is 127 cm³/mol. The normalized spacial score (nSPS) is 13.2. The van der Waals surface area contributed by atoms with Crippen molar-refractivity contribution in [2.75, 3.05) is 12.4 Å². The summed E-state index contributed by atoms with van der Waals surface area (Å²) in [4.78, 5) is 12.6. The number of hydrogen-bond acceptors (Lipinski definition) is 4. The van der Waals surface area contributed by atoms with Crippen LogP contribution in [0.2, 0.25) is 0 Å². The Morgan fingerprint density at radius 1 is 0.968 bits per heavy atom. The summed E-state index contributed by atoms with van der Waals surface area (Å²) in [6, 6.07) is 26.3. The molecule has 1 aliphatic carbocycles. The lowest BCUT2D eigenvalue weighted by atomic mass is 9.98. The van der Waals surface area contributed by atoms with Crippen LogP contribution in [-0.2, 0) is 11.2 Å². The van der Waals surface area contributed by atoms with E-state index in [1.807, 2.05) is 54.6 Å². The smallest absolute Gasteiger partial charge is 0.407 e. The molecule has 0 spiro atoms. The Hall–Kier alpha value is -3.25. The van der Waals surface area contributed by atoms with E-state index in [9.17, 15) is 4.79 Å². The summed E-state index contributed by atoms with van der Waals surface area (Å²) in [5.74, 6) is 0.534. The lowest BCUT2D eigenvalue weighted by Gasteiger charge is -2.20. The number of nitrogens with two attached hydrogens (primary N) is 1. The molecule has 1 aliphatic rings. The monoisotopic (exact) mass is 431 g/mol. The second kappa shape index (κ2) is 9.71. The highest BCUT2D eigenvalue weighted by Gasteiger charge is 2.29. The van der Waals surface area contributed by atoms with Gasteiger partial charge in [0.25, 0.3) is 0 Å². The summed E-state index contributed by atoms with van der Waals surface area (Å²) in [6.45, 7) is 0.276. The van der Waals surface area contributed by atoms with Gasteiger partial charge in [0.05, 0.1) is 0 Å². The quantitative estimate of drug-likeness (QED) is 0.372. The number of ether oxygens (including phenoxy) is 1. The van der Waals surface area contributed by atoms with Gasteiger partial charge >= 0.3 is 6.09 Å². The highest BCUT2D eigenvalue weighted by Crippen LogP contribution is 2.44. The van der Waals surface area contributed by atoms with Crippen molar-refractivity contribution in [1.29, 1.82) is 5.41 Å². The number of nitrogens with one attached hydrogen (secondary N) is 2. The maximum absolute atomic E-state index is 12.6. The highest BCUT2D eigenvalue weighted by molar-refractivity contribution is 8.13. The summed E-state index contributed by atoms with van der Waals surface area (Å²) in [7, 11) is 0. The van der Waals surface area contributed by atoms with Crippen LogP contribution in [0.15, 0.2) is 78.9 Å². The van der Waals surface area contributed by atoms with E-state index in [0.717, 1.165) is 5.56 Å². The maximum Gasteiger partial charge on any atom is 0.407 e. The van der Waals surface area contributed by atoms with Crippen LogP contribution in [0.25, 0.3) is 11.1 Å². The van der Waals surface area contributed by atoms with Gasteiger partial charge in [0, 0.05) is 17.7 Å². The maximum atomic E-state index is 12.6. The van der Waals surface area contributed by atoms with Crippen LogP contribution >= 0.6 is 11.8 Å². The average molecular weight is 432 g/mol. The zero-order valence-corrected chi connectivity index (χ0v) is 17.9. The number of amides is 1. The number of thioether (sulfide) groups is 1. The van der Waals surface area contributed by atoms with Gasteiger partial charge in [-0.15, -0.1) is 0 Å². The molecule has 3 aromatic rings. The number of rotatable bonds is 7. The van der Waals surface area contributed by atoms with E-state index in [2.05, 4.69) is 29.6 Å². The summed E-state index contributed by atoms with van der Waals surface area (Å²) < 4.78 is 5.67. The van der Waals surface area contributed by atoms with Crippen molar-refractivity contribution in [3.8, 4) is 11.1 Å². The first-order valence-electron chi connectivity index (χ1n) is 10.2. The van der Waals surface area contributed by atoms with Gasteiger partial charge in [0.2, 0.25) is 0 Å². The van der Waals surface area contributed by atoms with Crippen LogP contribution in [0.1, 0.15) is 22.6 Å². The zero-order chi connectivity index (χ0) is 21.6. The molecule has 0 aromatic heterocycles. The van der Waals surface area contributed by atoms with Crippen LogP contribution in [-0.4, -0.2) is 29.7 Å². The standard InChI is InChI=1S/C25H25N3O2S/c26-24(27)31-16-18(14-17-8-2-1-3-9-17)28-25(29)30-15-23-21-12-6-4-10-19(21)20-11-5-7-13-22(20)23/h1-13,18,23H,14-16H2,(H3,26,27)(H,28,29)/t18-/m0/s1. The van der Waals surface area contributed by atoms with Gasteiger partial charge in [-0.1, -0.05) is 90.6 Å². The minimum Gasteiger partial charge on any atom is -0.449 e. The molecular weight excluding hydrogens is 406 g/mol. The first-order valence-corrected chi connectivity index (χ1v) is 11.2. The van der Waals surface area contributed by atoms with E-state index in [1.54, 1.807) is 0 Å². The SMILES string of the molecule is N=C(N)SC[C@H](Cc1ccccc1)NC(=O)OCC1c2ccccc2-c2ccccc21. The van der Waals surface area contributed by atoms with Crippen molar-refractivity contribution in [3.05, 3.63) is 95.6 Å². The Labute approximate surface area is 186 Å². The Morgan fingerprint density at radius 3 is 2.16 bits per heavy atom. The number of carbonyl (C=O) groups is 1. The second-order valence-electron chi connectivity index (χ2n) is 7.53. The van der Waals surface area contributed by atoms with Gasteiger partial charge in [0.15, 0.2) is 5.17 Å². The molecule has 0 fully saturated rings. The topological polar surface area (TPSA) is 88.2 Å². The van der Waals surface area contributed by atoms with Crippen LogP contribution in [0.4, 0.5) is 4.79 Å². The first-order chi connectivity index (χ1) is 15.1. The molecule has 4 rings (SSSR count). The molecule has 0 saturated carbocycles. The Morgan fingerprint density at radius 2 is 1.55 bits per heavy atom. The number of fused-ring (bicyclic) bond motifs is 3. The van der Waals surface area contributed by atoms with E-state index in [-0.39, 0.29) is 23.7 Å². The van der Waals surface area contributed by atoms with Gasteiger partial charge in [0.1, 0.15) is 6.61 Å². The largest absolute Gasteiger partial charge is 0.449 e. The molecule has 0 saturated heterocycles. The lowest BCUT2D eigenvalue weighted by Crippen LogP contribution is -2.39. The van der Waals surface area contributed by atoms with E-state index in [0.29, 0.717) is 12.2 Å². The summed E-state index contributed by atoms with van der Waals surface area (Å²) in [5.41, 5.74) is 11.4. The van der Waals surface area contributed by atoms with Gasteiger partial charge in [-0.05, 0) is 34.2 Å². The Balaban J connectivity index is 1.42. The predicted octanol–water partition coefficient (Wildman–Crippen LogP) is 4.76. The number of alkyl carbamates (subject to hydrolysis) is 1. The van der Waals surface area contributed by atoms with E-state index in [4.69, 9.17) is 15.9 Å². The summed E-state index contributed by atoms with van der Waals surface area (Å²) >= 11 is 1.22. The Bertz CT molecular complexity index is 1030. The molecule has 1 amide bonds.